The Labute approximate surface area is 98.4 Å². The Hall–Kier alpha value is -1.66. The van der Waals surface area contributed by atoms with E-state index in [2.05, 4.69) is 9.62 Å². The molecular weight excluding hydrogens is 228 g/mol. The second-order valence-electron chi connectivity index (χ2n) is 3.53. The molecule has 1 N–H and O–H groups in total. The average Bonchev–Trinajstić information content (AvgIpc) is 2.37. The second kappa shape index (κ2) is 5.60. The van der Waals surface area contributed by atoms with E-state index < -0.39 is 11.6 Å². The molecule has 1 unspecified atom stereocenters. The van der Waals surface area contributed by atoms with Gasteiger partial charge in [0.25, 0.3) is 0 Å². The Kier molecular flexibility index (Phi) is 4.42. The van der Waals surface area contributed by atoms with Crippen LogP contribution in [0.3, 0.4) is 0 Å². The van der Waals surface area contributed by atoms with Crippen molar-refractivity contribution in [1.29, 1.82) is 0 Å². The van der Waals surface area contributed by atoms with Crippen molar-refractivity contribution < 1.29 is 29.2 Å². The minimum atomic E-state index is -1.23. The zero-order valence-electron chi connectivity index (χ0n) is 9.63. The molecule has 0 spiro atoms. The number of rotatable bonds is 5. The Morgan fingerprint density at radius 3 is 2.71 bits per heavy atom. The van der Waals surface area contributed by atoms with Gasteiger partial charge in [-0.3, -0.25) is 14.8 Å². The van der Waals surface area contributed by atoms with E-state index in [1.165, 1.54) is 32.4 Å². The van der Waals surface area contributed by atoms with Gasteiger partial charge in [0, 0.05) is 12.5 Å². The standard InChI is InChI=1S/C11H14O6/c1-15-9-7-11(17-14,5-3-8(9)12)6-4-10(13)16-2/h3,5,7,14H,4,6H2,1-2H3. The predicted octanol–water partition coefficient (Wildman–Crippen LogP) is 0.837. The summed E-state index contributed by atoms with van der Waals surface area (Å²) in [7, 11) is 2.61. The lowest BCUT2D eigenvalue weighted by molar-refractivity contribution is -0.295. The van der Waals surface area contributed by atoms with Crippen LogP contribution < -0.4 is 0 Å². The first kappa shape index (κ1) is 13.4. The summed E-state index contributed by atoms with van der Waals surface area (Å²) in [6, 6.07) is 0. The SMILES string of the molecule is COC(=O)CCC1(OO)C=CC(=O)C(OC)=C1. The van der Waals surface area contributed by atoms with E-state index in [1.54, 1.807) is 0 Å². The van der Waals surface area contributed by atoms with Gasteiger partial charge in [-0.15, -0.1) is 0 Å². The minimum Gasteiger partial charge on any atom is -0.493 e. The van der Waals surface area contributed by atoms with Crippen molar-refractivity contribution in [1.82, 2.24) is 0 Å². The quantitative estimate of drug-likeness (QED) is 0.437. The van der Waals surface area contributed by atoms with Gasteiger partial charge in [-0.05, 0) is 18.6 Å². The Morgan fingerprint density at radius 1 is 1.47 bits per heavy atom. The highest BCUT2D eigenvalue weighted by molar-refractivity contribution is 6.03. The summed E-state index contributed by atoms with van der Waals surface area (Å²) in [5.41, 5.74) is -1.23. The summed E-state index contributed by atoms with van der Waals surface area (Å²) < 4.78 is 9.33. The van der Waals surface area contributed by atoms with Crippen molar-refractivity contribution in [3.63, 3.8) is 0 Å². The monoisotopic (exact) mass is 242 g/mol. The average molecular weight is 242 g/mol. The van der Waals surface area contributed by atoms with Crippen LogP contribution in [0.25, 0.3) is 0 Å². The summed E-state index contributed by atoms with van der Waals surface area (Å²) in [4.78, 5) is 26.7. The van der Waals surface area contributed by atoms with Crippen molar-refractivity contribution in [2.75, 3.05) is 14.2 Å². The number of hydrogen-bond donors (Lipinski definition) is 1. The highest BCUT2D eigenvalue weighted by Crippen LogP contribution is 2.27. The Bertz CT molecular complexity index is 370. The van der Waals surface area contributed by atoms with E-state index in [0.29, 0.717) is 0 Å². The number of allylic oxidation sites excluding steroid dienone is 1. The smallest absolute Gasteiger partial charge is 0.305 e. The fourth-order valence-electron chi connectivity index (χ4n) is 1.46. The third-order valence-electron chi connectivity index (χ3n) is 2.47. The molecule has 0 amide bonds. The largest absolute Gasteiger partial charge is 0.493 e. The number of carbonyl (C=O) groups is 2. The van der Waals surface area contributed by atoms with Crippen LogP contribution in [-0.4, -0.2) is 36.8 Å². The third-order valence-corrected chi connectivity index (χ3v) is 2.47. The molecule has 0 aliphatic heterocycles. The number of carbonyl (C=O) groups excluding carboxylic acids is 2. The van der Waals surface area contributed by atoms with Crippen molar-refractivity contribution in [3.05, 3.63) is 24.0 Å². The molecule has 0 saturated heterocycles. The first-order chi connectivity index (χ1) is 8.06. The van der Waals surface area contributed by atoms with E-state index >= 15 is 0 Å². The van der Waals surface area contributed by atoms with Gasteiger partial charge in [-0.2, -0.15) is 0 Å². The van der Waals surface area contributed by atoms with E-state index in [1.807, 2.05) is 0 Å². The van der Waals surface area contributed by atoms with E-state index in [9.17, 15) is 9.59 Å². The van der Waals surface area contributed by atoms with Crippen LogP contribution in [0.5, 0.6) is 0 Å². The van der Waals surface area contributed by atoms with Crippen LogP contribution in [-0.2, 0) is 24.0 Å². The first-order valence-electron chi connectivity index (χ1n) is 4.96. The minimum absolute atomic E-state index is 0.0447. The van der Waals surface area contributed by atoms with Crippen LogP contribution in [0.1, 0.15) is 12.8 Å². The molecule has 0 fully saturated rings. The maximum Gasteiger partial charge on any atom is 0.305 e. The maximum absolute atomic E-state index is 11.3. The zero-order valence-corrected chi connectivity index (χ0v) is 9.63. The van der Waals surface area contributed by atoms with Crippen LogP contribution >= 0.6 is 0 Å². The van der Waals surface area contributed by atoms with Crippen LogP contribution in [0.15, 0.2) is 24.0 Å². The molecule has 1 aliphatic rings. The third kappa shape index (κ3) is 3.15. The molecule has 0 aromatic rings. The molecule has 1 atom stereocenters. The summed E-state index contributed by atoms with van der Waals surface area (Å²) >= 11 is 0. The summed E-state index contributed by atoms with van der Waals surface area (Å²) in [6.45, 7) is 0. The summed E-state index contributed by atoms with van der Waals surface area (Å²) in [6.07, 6.45) is 4.13. The number of hydrogen-bond acceptors (Lipinski definition) is 6. The number of ether oxygens (including phenoxy) is 2. The normalized spacial score (nSPS) is 23.2. The number of methoxy groups -OCH3 is 2. The number of ketones is 1. The van der Waals surface area contributed by atoms with E-state index in [0.717, 1.165) is 0 Å². The lowest BCUT2D eigenvalue weighted by atomic mass is 9.91. The lowest BCUT2D eigenvalue weighted by Crippen LogP contribution is -2.32. The zero-order chi connectivity index (χ0) is 12.9. The Morgan fingerprint density at radius 2 is 2.18 bits per heavy atom. The highest BCUT2D eigenvalue weighted by Gasteiger charge is 2.33. The van der Waals surface area contributed by atoms with Gasteiger partial charge >= 0.3 is 5.97 Å². The van der Waals surface area contributed by atoms with Gasteiger partial charge in [0.05, 0.1) is 14.2 Å². The molecule has 1 rings (SSSR count). The van der Waals surface area contributed by atoms with Gasteiger partial charge < -0.3 is 9.47 Å². The summed E-state index contributed by atoms with van der Waals surface area (Å²) in [5.74, 6) is -0.691. The molecule has 94 valence electrons. The van der Waals surface area contributed by atoms with Gasteiger partial charge in [-0.1, -0.05) is 0 Å². The maximum atomic E-state index is 11.3. The second-order valence-corrected chi connectivity index (χ2v) is 3.53. The lowest BCUT2D eigenvalue weighted by Gasteiger charge is -2.26. The molecule has 0 aromatic carbocycles. The van der Waals surface area contributed by atoms with Crippen LogP contribution in [0.2, 0.25) is 0 Å². The molecule has 0 bridgehead atoms. The van der Waals surface area contributed by atoms with Gasteiger partial charge in [0.1, 0.15) is 5.60 Å². The van der Waals surface area contributed by atoms with Gasteiger partial charge in [-0.25, -0.2) is 4.89 Å². The molecule has 6 heteroatoms. The fourth-order valence-corrected chi connectivity index (χ4v) is 1.46. The molecule has 1 aliphatic carbocycles. The molecule has 0 aromatic heterocycles. The topological polar surface area (TPSA) is 82.1 Å². The highest BCUT2D eigenvalue weighted by atomic mass is 17.1. The predicted molar refractivity (Wildman–Crippen MR) is 56.9 cm³/mol. The van der Waals surface area contributed by atoms with Crippen LogP contribution in [0, 0.1) is 0 Å². The molecule has 0 radical (unpaired) electrons. The first-order valence-corrected chi connectivity index (χ1v) is 4.96. The summed E-state index contributed by atoms with van der Waals surface area (Å²) in [5, 5.41) is 8.91. The van der Waals surface area contributed by atoms with Crippen molar-refractivity contribution >= 4 is 11.8 Å². The van der Waals surface area contributed by atoms with Gasteiger partial charge in [0.15, 0.2) is 5.76 Å². The molecule has 6 nitrogen and oxygen atoms in total. The number of esters is 1. The van der Waals surface area contributed by atoms with E-state index in [-0.39, 0.29) is 24.4 Å². The van der Waals surface area contributed by atoms with E-state index in [4.69, 9.17) is 9.99 Å². The van der Waals surface area contributed by atoms with Crippen molar-refractivity contribution in [2.45, 2.75) is 18.4 Å². The Balaban J connectivity index is 2.82. The van der Waals surface area contributed by atoms with Crippen molar-refractivity contribution in [2.24, 2.45) is 0 Å². The molecule has 0 saturated carbocycles. The van der Waals surface area contributed by atoms with Crippen LogP contribution in [0.4, 0.5) is 0 Å². The molecule has 0 heterocycles. The molecular formula is C11H14O6. The molecule has 17 heavy (non-hydrogen) atoms. The van der Waals surface area contributed by atoms with Crippen molar-refractivity contribution in [3.8, 4) is 0 Å². The van der Waals surface area contributed by atoms with Gasteiger partial charge in [0.2, 0.25) is 5.78 Å². The fraction of sp³-hybridized carbons (Fsp3) is 0.455.